The molecule has 0 bridgehead atoms. The van der Waals surface area contributed by atoms with Crippen molar-refractivity contribution in [3.63, 3.8) is 0 Å². The molecule has 1 aliphatic rings. The van der Waals surface area contributed by atoms with Crippen molar-refractivity contribution in [2.24, 2.45) is 0 Å². The highest BCUT2D eigenvalue weighted by molar-refractivity contribution is 7.15. The monoisotopic (exact) mass is 288 g/mol. The van der Waals surface area contributed by atoms with Crippen LogP contribution in [0.25, 0.3) is 0 Å². The van der Waals surface area contributed by atoms with Crippen LogP contribution in [0, 0.1) is 0 Å². The molecule has 104 valence electrons. The number of amides is 1. The lowest BCUT2D eigenvalue weighted by atomic mass is 9.98. The lowest BCUT2D eigenvalue weighted by molar-refractivity contribution is 0.102. The zero-order valence-electron chi connectivity index (χ0n) is 11.3. The zero-order chi connectivity index (χ0) is 13.9. The standard InChI is InChI=1S/C14H16N4OS/c1-2-12-17-18-14(20-12)16-13(19)10-4-3-9-5-6-15-8-11(9)7-10/h3-4,7,15H,2,5-6,8H2,1H3,(H,16,18,19). The van der Waals surface area contributed by atoms with E-state index < -0.39 is 0 Å². The summed E-state index contributed by atoms with van der Waals surface area (Å²) in [4.78, 5) is 12.2. The molecule has 1 aromatic heterocycles. The first-order valence-corrected chi connectivity index (χ1v) is 7.54. The Morgan fingerprint density at radius 3 is 3.10 bits per heavy atom. The largest absolute Gasteiger partial charge is 0.312 e. The zero-order valence-corrected chi connectivity index (χ0v) is 12.1. The number of aromatic nitrogens is 2. The van der Waals surface area contributed by atoms with Crippen molar-refractivity contribution in [3.05, 3.63) is 39.9 Å². The lowest BCUT2D eigenvalue weighted by Gasteiger charge is -2.17. The number of nitrogens with one attached hydrogen (secondary N) is 2. The molecule has 0 saturated carbocycles. The van der Waals surface area contributed by atoms with E-state index >= 15 is 0 Å². The van der Waals surface area contributed by atoms with Gasteiger partial charge in [0, 0.05) is 12.1 Å². The van der Waals surface area contributed by atoms with E-state index in [-0.39, 0.29) is 5.91 Å². The van der Waals surface area contributed by atoms with Gasteiger partial charge >= 0.3 is 0 Å². The molecule has 5 nitrogen and oxygen atoms in total. The molecular weight excluding hydrogens is 272 g/mol. The minimum atomic E-state index is -0.128. The highest BCUT2D eigenvalue weighted by Gasteiger charge is 2.14. The second kappa shape index (κ2) is 5.68. The minimum Gasteiger partial charge on any atom is -0.312 e. The maximum atomic E-state index is 12.2. The van der Waals surface area contributed by atoms with Gasteiger partial charge in [0.2, 0.25) is 5.13 Å². The third-order valence-corrected chi connectivity index (χ3v) is 4.33. The van der Waals surface area contributed by atoms with Gasteiger partial charge in [0.25, 0.3) is 5.91 Å². The van der Waals surface area contributed by atoms with E-state index in [1.807, 2.05) is 25.1 Å². The summed E-state index contributed by atoms with van der Waals surface area (Å²) in [7, 11) is 0. The van der Waals surface area contributed by atoms with Crippen LogP contribution in [0.2, 0.25) is 0 Å². The van der Waals surface area contributed by atoms with Gasteiger partial charge in [-0.05, 0) is 42.6 Å². The first kappa shape index (κ1) is 13.2. The number of anilines is 1. The second-order valence-electron chi connectivity index (χ2n) is 4.72. The van der Waals surface area contributed by atoms with Crippen LogP contribution >= 0.6 is 11.3 Å². The average molecular weight is 288 g/mol. The fourth-order valence-corrected chi connectivity index (χ4v) is 2.91. The normalized spacial score (nSPS) is 13.8. The Bertz CT molecular complexity index is 638. The van der Waals surface area contributed by atoms with E-state index in [4.69, 9.17) is 0 Å². The van der Waals surface area contributed by atoms with E-state index in [1.165, 1.54) is 22.5 Å². The first-order valence-electron chi connectivity index (χ1n) is 6.72. The van der Waals surface area contributed by atoms with Crippen molar-refractivity contribution in [2.75, 3.05) is 11.9 Å². The summed E-state index contributed by atoms with van der Waals surface area (Å²) in [6, 6.07) is 5.88. The number of carbonyl (C=O) groups is 1. The highest BCUT2D eigenvalue weighted by Crippen LogP contribution is 2.19. The quantitative estimate of drug-likeness (QED) is 0.906. The van der Waals surface area contributed by atoms with Crippen LogP contribution in [0.3, 0.4) is 0 Å². The summed E-state index contributed by atoms with van der Waals surface area (Å²) < 4.78 is 0. The Balaban J connectivity index is 1.76. The van der Waals surface area contributed by atoms with Gasteiger partial charge in [-0.3, -0.25) is 10.1 Å². The van der Waals surface area contributed by atoms with Gasteiger partial charge in [0.15, 0.2) is 0 Å². The van der Waals surface area contributed by atoms with Crippen molar-refractivity contribution < 1.29 is 4.79 Å². The smallest absolute Gasteiger partial charge is 0.257 e. The van der Waals surface area contributed by atoms with Crippen LogP contribution in [0.15, 0.2) is 18.2 Å². The fourth-order valence-electron chi connectivity index (χ4n) is 2.24. The van der Waals surface area contributed by atoms with Crippen LogP contribution in [-0.4, -0.2) is 22.6 Å². The number of hydrogen-bond acceptors (Lipinski definition) is 5. The molecule has 0 radical (unpaired) electrons. The van der Waals surface area contributed by atoms with Gasteiger partial charge in [-0.2, -0.15) is 0 Å². The second-order valence-corrected chi connectivity index (χ2v) is 5.78. The van der Waals surface area contributed by atoms with Crippen LogP contribution in [-0.2, 0) is 19.4 Å². The van der Waals surface area contributed by atoms with E-state index in [2.05, 4.69) is 20.8 Å². The SMILES string of the molecule is CCc1nnc(NC(=O)c2ccc3c(c2)CNCC3)s1. The number of fused-ring (bicyclic) bond motifs is 1. The maximum Gasteiger partial charge on any atom is 0.257 e. The number of rotatable bonds is 3. The molecule has 6 heteroatoms. The molecular formula is C14H16N4OS. The molecule has 2 heterocycles. The van der Waals surface area contributed by atoms with Gasteiger partial charge in [-0.25, -0.2) is 0 Å². The van der Waals surface area contributed by atoms with Crippen LogP contribution in [0.4, 0.5) is 5.13 Å². The van der Waals surface area contributed by atoms with Crippen LogP contribution < -0.4 is 10.6 Å². The Morgan fingerprint density at radius 1 is 1.40 bits per heavy atom. The highest BCUT2D eigenvalue weighted by atomic mass is 32.1. The predicted octanol–water partition coefficient (Wildman–Crippen LogP) is 2.00. The first-order chi connectivity index (χ1) is 9.76. The number of hydrogen-bond donors (Lipinski definition) is 2. The van der Waals surface area contributed by atoms with Gasteiger partial charge in [-0.15, -0.1) is 10.2 Å². The summed E-state index contributed by atoms with van der Waals surface area (Å²) in [6.07, 6.45) is 1.85. The summed E-state index contributed by atoms with van der Waals surface area (Å²) in [5, 5.41) is 15.6. The van der Waals surface area contributed by atoms with E-state index in [1.54, 1.807) is 0 Å². The topological polar surface area (TPSA) is 66.9 Å². The van der Waals surface area contributed by atoms with E-state index in [0.29, 0.717) is 10.7 Å². The molecule has 20 heavy (non-hydrogen) atoms. The number of carbonyl (C=O) groups excluding carboxylic acids is 1. The number of benzene rings is 1. The van der Waals surface area contributed by atoms with Crippen molar-refractivity contribution in [1.29, 1.82) is 0 Å². The van der Waals surface area contributed by atoms with Crippen LogP contribution in [0.1, 0.15) is 33.4 Å². The van der Waals surface area contributed by atoms with Crippen molar-refractivity contribution in [1.82, 2.24) is 15.5 Å². The van der Waals surface area contributed by atoms with Crippen molar-refractivity contribution in [2.45, 2.75) is 26.3 Å². The third kappa shape index (κ3) is 2.71. The molecule has 3 rings (SSSR count). The predicted molar refractivity (Wildman–Crippen MR) is 79.1 cm³/mol. The molecule has 0 atom stereocenters. The number of nitrogens with zero attached hydrogens (tertiary/aromatic N) is 2. The molecule has 0 saturated heterocycles. The van der Waals surface area contributed by atoms with Crippen molar-refractivity contribution in [3.8, 4) is 0 Å². The maximum absolute atomic E-state index is 12.2. The molecule has 1 amide bonds. The molecule has 0 spiro atoms. The van der Waals surface area contributed by atoms with Gasteiger partial charge in [0.05, 0.1) is 0 Å². The summed E-state index contributed by atoms with van der Waals surface area (Å²) in [5.41, 5.74) is 3.19. The molecule has 0 unspecified atom stereocenters. The molecule has 1 aliphatic heterocycles. The Hall–Kier alpha value is -1.79. The average Bonchev–Trinajstić information content (AvgIpc) is 2.94. The summed E-state index contributed by atoms with van der Waals surface area (Å²) >= 11 is 1.42. The third-order valence-electron chi connectivity index (χ3n) is 3.34. The van der Waals surface area contributed by atoms with Crippen molar-refractivity contribution >= 4 is 22.4 Å². The Labute approximate surface area is 121 Å². The lowest BCUT2D eigenvalue weighted by Crippen LogP contribution is -2.24. The molecule has 0 aliphatic carbocycles. The molecule has 1 aromatic carbocycles. The Morgan fingerprint density at radius 2 is 2.30 bits per heavy atom. The van der Waals surface area contributed by atoms with E-state index in [0.717, 1.165) is 30.9 Å². The number of aryl methyl sites for hydroxylation is 1. The summed E-state index contributed by atoms with van der Waals surface area (Å²) in [5.74, 6) is -0.128. The van der Waals surface area contributed by atoms with Gasteiger partial charge < -0.3 is 5.32 Å². The minimum absolute atomic E-state index is 0.128. The summed E-state index contributed by atoms with van der Waals surface area (Å²) in [6.45, 7) is 3.85. The fraction of sp³-hybridized carbons (Fsp3) is 0.357. The molecule has 2 aromatic rings. The van der Waals surface area contributed by atoms with Gasteiger partial charge in [-0.1, -0.05) is 24.3 Å². The Kier molecular flexibility index (Phi) is 3.75. The van der Waals surface area contributed by atoms with Crippen LogP contribution in [0.5, 0.6) is 0 Å². The molecule has 2 N–H and O–H groups in total. The van der Waals surface area contributed by atoms with Gasteiger partial charge in [0.1, 0.15) is 5.01 Å². The molecule has 0 fully saturated rings. The van der Waals surface area contributed by atoms with E-state index in [9.17, 15) is 4.79 Å².